The van der Waals surface area contributed by atoms with Gasteiger partial charge in [-0.25, -0.2) is 13.1 Å². The van der Waals surface area contributed by atoms with Crippen LogP contribution in [0.3, 0.4) is 0 Å². The van der Waals surface area contributed by atoms with Gasteiger partial charge in [-0.2, -0.15) is 13.2 Å². The molecule has 0 aliphatic heterocycles. The Morgan fingerprint density at radius 1 is 1.28 bits per heavy atom. The van der Waals surface area contributed by atoms with Crippen molar-refractivity contribution in [1.29, 1.82) is 0 Å². The van der Waals surface area contributed by atoms with Gasteiger partial charge in [0.05, 0.1) is 5.75 Å². The fraction of sp³-hybridized carbons (Fsp3) is 1.00. The number of hydrogen-bond acceptors (Lipinski definition) is 2. The van der Waals surface area contributed by atoms with Gasteiger partial charge in [-0.3, -0.25) is 0 Å². The zero-order valence-electron chi connectivity index (χ0n) is 10.4. The van der Waals surface area contributed by atoms with Crippen LogP contribution in [0.4, 0.5) is 13.2 Å². The predicted molar refractivity (Wildman–Crippen MR) is 69.2 cm³/mol. The average Bonchev–Trinajstić information content (AvgIpc) is 2.12. The molecule has 0 heterocycles. The van der Waals surface area contributed by atoms with Crippen LogP contribution in [0.25, 0.3) is 0 Å². The van der Waals surface area contributed by atoms with Crippen LogP contribution in [0.15, 0.2) is 0 Å². The highest BCUT2D eigenvalue weighted by Gasteiger charge is 2.28. The molecule has 0 aliphatic rings. The van der Waals surface area contributed by atoms with Crippen molar-refractivity contribution in [2.24, 2.45) is 5.92 Å². The Bertz CT molecular complexity index is 331. The molecule has 0 aliphatic carbocycles. The van der Waals surface area contributed by atoms with Gasteiger partial charge in [0.2, 0.25) is 10.0 Å². The SMILES string of the molecule is CC(C)CC(CBr)NS(=O)(=O)CCCC(F)(F)F. The lowest BCUT2D eigenvalue weighted by molar-refractivity contribution is -0.134. The van der Waals surface area contributed by atoms with Gasteiger partial charge in [-0.05, 0) is 18.8 Å². The van der Waals surface area contributed by atoms with Crippen molar-refractivity contribution in [2.45, 2.75) is 45.3 Å². The summed E-state index contributed by atoms with van der Waals surface area (Å²) in [5.74, 6) is -0.181. The molecule has 0 rings (SSSR count). The Labute approximate surface area is 115 Å². The molecule has 0 radical (unpaired) electrons. The lowest BCUT2D eigenvalue weighted by atomic mass is 10.1. The van der Waals surface area contributed by atoms with Crippen LogP contribution < -0.4 is 4.72 Å². The van der Waals surface area contributed by atoms with E-state index in [4.69, 9.17) is 0 Å². The lowest BCUT2D eigenvalue weighted by Gasteiger charge is -2.18. The molecule has 1 N–H and O–H groups in total. The van der Waals surface area contributed by atoms with E-state index < -0.39 is 34.8 Å². The molecular formula is C10H19BrF3NO2S. The quantitative estimate of drug-likeness (QED) is 0.681. The number of hydrogen-bond donors (Lipinski definition) is 1. The highest BCUT2D eigenvalue weighted by atomic mass is 79.9. The largest absolute Gasteiger partial charge is 0.389 e. The van der Waals surface area contributed by atoms with Gasteiger partial charge in [0.15, 0.2) is 0 Å². The summed E-state index contributed by atoms with van der Waals surface area (Å²) in [6.07, 6.45) is -5.14. The molecule has 8 heteroatoms. The van der Waals surface area contributed by atoms with E-state index in [-0.39, 0.29) is 6.04 Å². The van der Waals surface area contributed by atoms with Crippen LogP contribution in [-0.2, 0) is 10.0 Å². The van der Waals surface area contributed by atoms with Crippen LogP contribution in [0.2, 0.25) is 0 Å². The lowest BCUT2D eigenvalue weighted by Crippen LogP contribution is -2.38. The van der Waals surface area contributed by atoms with Gasteiger partial charge in [0.25, 0.3) is 0 Å². The number of rotatable bonds is 8. The molecule has 0 bridgehead atoms. The Balaban J connectivity index is 4.21. The van der Waals surface area contributed by atoms with Crippen molar-refractivity contribution in [1.82, 2.24) is 4.72 Å². The molecule has 0 spiro atoms. The van der Waals surface area contributed by atoms with Crippen molar-refractivity contribution in [3.05, 3.63) is 0 Å². The molecule has 1 unspecified atom stereocenters. The van der Waals surface area contributed by atoms with Crippen LogP contribution in [0.5, 0.6) is 0 Å². The molecule has 18 heavy (non-hydrogen) atoms. The molecule has 0 aromatic carbocycles. The Kier molecular flexibility index (Phi) is 7.77. The van der Waals surface area contributed by atoms with Crippen molar-refractivity contribution in [3.63, 3.8) is 0 Å². The second-order valence-electron chi connectivity index (χ2n) is 4.64. The zero-order chi connectivity index (χ0) is 14.4. The summed E-state index contributed by atoms with van der Waals surface area (Å²) < 4.78 is 61.3. The molecule has 0 saturated heterocycles. The van der Waals surface area contributed by atoms with Crippen LogP contribution in [0, 0.1) is 5.92 Å². The summed E-state index contributed by atoms with van der Waals surface area (Å²) in [6, 6.07) is -0.277. The second kappa shape index (κ2) is 7.69. The molecule has 1 atom stereocenters. The van der Waals surface area contributed by atoms with Crippen LogP contribution in [-0.4, -0.2) is 31.7 Å². The first kappa shape index (κ1) is 18.2. The van der Waals surface area contributed by atoms with Crippen LogP contribution in [0.1, 0.15) is 33.1 Å². The second-order valence-corrected chi connectivity index (χ2v) is 7.16. The summed E-state index contributed by atoms with van der Waals surface area (Å²) in [6.45, 7) is 3.90. The van der Waals surface area contributed by atoms with Crippen molar-refractivity contribution >= 4 is 26.0 Å². The first-order valence-corrected chi connectivity index (χ1v) is 8.46. The number of alkyl halides is 4. The zero-order valence-corrected chi connectivity index (χ0v) is 12.8. The Morgan fingerprint density at radius 2 is 1.83 bits per heavy atom. The maximum Gasteiger partial charge on any atom is 0.389 e. The fourth-order valence-corrected chi connectivity index (χ4v) is 3.46. The van der Waals surface area contributed by atoms with E-state index in [0.29, 0.717) is 17.7 Å². The summed E-state index contributed by atoms with van der Waals surface area (Å²) in [7, 11) is -3.64. The van der Waals surface area contributed by atoms with E-state index in [1.807, 2.05) is 13.8 Å². The topological polar surface area (TPSA) is 46.2 Å². The summed E-state index contributed by atoms with van der Waals surface area (Å²) in [4.78, 5) is 0. The molecule has 0 saturated carbocycles. The van der Waals surface area contributed by atoms with Gasteiger partial charge >= 0.3 is 6.18 Å². The average molecular weight is 354 g/mol. The van der Waals surface area contributed by atoms with Crippen molar-refractivity contribution < 1.29 is 21.6 Å². The van der Waals surface area contributed by atoms with E-state index in [1.165, 1.54) is 0 Å². The monoisotopic (exact) mass is 353 g/mol. The summed E-state index contributed by atoms with van der Waals surface area (Å²) >= 11 is 3.19. The Hall–Kier alpha value is 0.180. The molecule has 0 aromatic rings. The molecule has 0 aromatic heterocycles. The first-order chi connectivity index (χ1) is 8.06. The molecule has 0 fully saturated rings. The van der Waals surface area contributed by atoms with Gasteiger partial charge in [-0.1, -0.05) is 29.8 Å². The summed E-state index contributed by atoms with van der Waals surface area (Å²) in [5.41, 5.74) is 0. The molecular weight excluding hydrogens is 335 g/mol. The van der Waals surface area contributed by atoms with Gasteiger partial charge in [-0.15, -0.1) is 0 Å². The van der Waals surface area contributed by atoms with Gasteiger partial charge in [0.1, 0.15) is 0 Å². The first-order valence-electron chi connectivity index (χ1n) is 5.68. The maximum atomic E-state index is 11.9. The number of nitrogens with one attached hydrogen (secondary N) is 1. The van der Waals surface area contributed by atoms with E-state index in [0.717, 1.165) is 0 Å². The normalized spacial score (nSPS) is 15.1. The maximum absolute atomic E-state index is 11.9. The molecule has 0 amide bonds. The van der Waals surface area contributed by atoms with E-state index in [2.05, 4.69) is 20.7 Å². The Morgan fingerprint density at radius 3 is 2.22 bits per heavy atom. The van der Waals surface area contributed by atoms with Gasteiger partial charge in [0, 0.05) is 17.8 Å². The van der Waals surface area contributed by atoms with Crippen LogP contribution >= 0.6 is 15.9 Å². The van der Waals surface area contributed by atoms with Crippen molar-refractivity contribution in [3.8, 4) is 0 Å². The van der Waals surface area contributed by atoms with E-state index in [9.17, 15) is 21.6 Å². The fourth-order valence-electron chi connectivity index (χ4n) is 1.49. The van der Waals surface area contributed by atoms with E-state index >= 15 is 0 Å². The standard InChI is InChI=1S/C10H19BrF3NO2S/c1-8(2)6-9(7-11)15-18(16,17)5-3-4-10(12,13)14/h8-9,15H,3-7H2,1-2H3. The number of halogens is 4. The summed E-state index contributed by atoms with van der Waals surface area (Å²) in [5, 5.41) is 0.448. The highest BCUT2D eigenvalue weighted by molar-refractivity contribution is 9.09. The highest BCUT2D eigenvalue weighted by Crippen LogP contribution is 2.21. The predicted octanol–water partition coefficient (Wildman–Crippen LogP) is 3.06. The minimum atomic E-state index is -4.30. The smallest absolute Gasteiger partial charge is 0.212 e. The third-order valence-electron chi connectivity index (χ3n) is 2.16. The minimum Gasteiger partial charge on any atom is -0.212 e. The molecule has 110 valence electrons. The van der Waals surface area contributed by atoms with Crippen molar-refractivity contribution in [2.75, 3.05) is 11.1 Å². The third kappa shape index (κ3) is 10.1. The molecule has 3 nitrogen and oxygen atoms in total. The minimum absolute atomic E-state index is 0.277. The number of sulfonamides is 1. The van der Waals surface area contributed by atoms with E-state index in [1.54, 1.807) is 0 Å². The third-order valence-corrected chi connectivity index (χ3v) is 4.46. The van der Waals surface area contributed by atoms with Gasteiger partial charge < -0.3 is 0 Å².